The van der Waals surface area contributed by atoms with Crippen LogP contribution in [0.15, 0.2) is 36.7 Å². The minimum atomic E-state index is 0.0751. The van der Waals surface area contributed by atoms with Gasteiger partial charge in [-0.05, 0) is 37.1 Å². The standard InChI is InChI=1S/C18H24N6O/c1-22(2)17-13-14(6-10-19-17)18(25)24-11-7-15(8-12-24)23(3)16-5-4-9-20-21-16/h4-6,9-10,13,15H,7-8,11-12H2,1-3H3. The van der Waals surface area contributed by atoms with Gasteiger partial charge in [0.2, 0.25) is 0 Å². The lowest BCUT2D eigenvalue weighted by atomic mass is 10.0. The van der Waals surface area contributed by atoms with Crippen molar-refractivity contribution in [3.05, 3.63) is 42.2 Å². The highest BCUT2D eigenvalue weighted by Gasteiger charge is 2.26. The lowest BCUT2D eigenvalue weighted by Gasteiger charge is -2.37. The van der Waals surface area contributed by atoms with Gasteiger partial charge in [0.15, 0.2) is 5.82 Å². The second kappa shape index (κ2) is 7.46. The fraction of sp³-hybridized carbons (Fsp3) is 0.444. The quantitative estimate of drug-likeness (QED) is 0.844. The smallest absolute Gasteiger partial charge is 0.254 e. The average molecular weight is 340 g/mol. The third-order valence-corrected chi connectivity index (χ3v) is 4.67. The molecule has 2 aromatic heterocycles. The molecule has 7 heteroatoms. The Morgan fingerprint density at radius 3 is 2.52 bits per heavy atom. The van der Waals surface area contributed by atoms with Gasteiger partial charge in [0.25, 0.3) is 5.91 Å². The van der Waals surface area contributed by atoms with Crippen molar-refractivity contribution in [2.75, 3.05) is 44.0 Å². The van der Waals surface area contributed by atoms with E-state index in [-0.39, 0.29) is 5.91 Å². The molecule has 0 saturated carbocycles. The van der Waals surface area contributed by atoms with Gasteiger partial charge in [-0.1, -0.05) is 0 Å². The van der Waals surface area contributed by atoms with E-state index >= 15 is 0 Å². The molecule has 0 unspecified atom stereocenters. The first-order valence-electron chi connectivity index (χ1n) is 8.49. The van der Waals surface area contributed by atoms with E-state index in [2.05, 4.69) is 20.1 Å². The van der Waals surface area contributed by atoms with Crippen molar-refractivity contribution in [1.29, 1.82) is 0 Å². The summed E-state index contributed by atoms with van der Waals surface area (Å²) in [6.45, 7) is 1.49. The lowest BCUT2D eigenvalue weighted by Crippen LogP contribution is -2.46. The van der Waals surface area contributed by atoms with Crippen LogP contribution < -0.4 is 9.80 Å². The predicted octanol–water partition coefficient (Wildman–Crippen LogP) is 1.68. The zero-order valence-electron chi connectivity index (χ0n) is 15.0. The molecule has 25 heavy (non-hydrogen) atoms. The average Bonchev–Trinajstić information content (AvgIpc) is 2.67. The Morgan fingerprint density at radius 1 is 1.12 bits per heavy atom. The molecule has 0 bridgehead atoms. The molecule has 0 atom stereocenters. The van der Waals surface area contributed by atoms with Crippen LogP contribution in [0.2, 0.25) is 0 Å². The third kappa shape index (κ3) is 3.87. The van der Waals surface area contributed by atoms with Gasteiger partial charge >= 0.3 is 0 Å². The van der Waals surface area contributed by atoms with Crippen molar-refractivity contribution in [3.63, 3.8) is 0 Å². The zero-order valence-corrected chi connectivity index (χ0v) is 15.0. The summed E-state index contributed by atoms with van der Waals surface area (Å²) >= 11 is 0. The van der Waals surface area contributed by atoms with Gasteiger partial charge in [-0.2, -0.15) is 5.10 Å². The monoisotopic (exact) mass is 340 g/mol. The fourth-order valence-electron chi connectivity index (χ4n) is 3.10. The van der Waals surface area contributed by atoms with E-state index in [1.54, 1.807) is 18.5 Å². The highest BCUT2D eigenvalue weighted by molar-refractivity contribution is 5.94. The maximum absolute atomic E-state index is 12.8. The van der Waals surface area contributed by atoms with Crippen molar-refractivity contribution in [3.8, 4) is 0 Å². The van der Waals surface area contributed by atoms with E-state index in [0.717, 1.165) is 37.6 Å². The summed E-state index contributed by atoms with van der Waals surface area (Å²) in [5.41, 5.74) is 0.694. The molecule has 7 nitrogen and oxygen atoms in total. The molecule has 1 aliphatic heterocycles. The maximum atomic E-state index is 12.8. The van der Waals surface area contributed by atoms with Crippen LogP contribution in [0, 0.1) is 0 Å². The number of likely N-dealkylation sites (tertiary alicyclic amines) is 1. The van der Waals surface area contributed by atoms with Crippen molar-refractivity contribution in [2.45, 2.75) is 18.9 Å². The summed E-state index contributed by atoms with van der Waals surface area (Å²) in [6, 6.07) is 7.86. The van der Waals surface area contributed by atoms with Crippen LogP contribution in [0.1, 0.15) is 23.2 Å². The molecule has 0 aliphatic carbocycles. The van der Waals surface area contributed by atoms with Crippen LogP contribution in [0.4, 0.5) is 11.6 Å². The number of carbonyl (C=O) groups is 1. The van der Waals surface area contributed by atoms with Crippen molar-refractivity contribution < 1.29 is 4.79 Å². The molecule has 2 aromatic rings. The Bertz CT molecular complexity index is 713. The van der Waals surface area contributed by atoms with E-state index in [1.807, 2.05) is 49.1 Å². The summed E-state index contributed by atoms with van der Waals surface area (Å²) < 4.78 is 0. The van der Waals surface area contributed by atoms with Crippen LogP contribution in [0.5, 0.6) is 0 Å². The number of aromatic nitrogens is 3. The van der Waals surface area contributed by atoms with E-state index in [4.69, 9.17) is 0 Å². The summed E-state index contributed by atoms with van der Waals surface area (Å²) in [4.78, 5) is 23.0. The SMILES string of the molecule is CN(C)c1cc(C(=O)N2CCC(N(C)c3cccnn3)CC2)ccn1. The summed E-state index contributed by atoms with van der Waals surface area (Å²) in [7, 11) is 5.88. The lowest BCUT2D eigenvalue weighted by molar-refractivity contribution is 0.0713. The molecule has 1 aliphatic rings. The number of nitrogens with zero attached hydrogens (tertiary/aromatic N) is 6. The number of anilines is 2. The van der Waals surface area contributed by atoms with E-state index in [9.17, 15) is 4.79 Å². The first-order valence-corrected chi connectivity index (χ1v) is 8.49. The number of hydrogen-bond donors (Lipinski definition) is 0. The molecule has 0 radical (unpaired) electrons. The van der Waals surface area contributed by atoms with Crippen molar-refractivity contribution in [2.24, 2.45) is 0 Å². The number of hydrogen-bond acceptors (Lipinski definition) is 6. The largest absolute Gasteiger partial charge is 0.363 e. The molecule has 1 fully saturated rings. The van der Waals surface area contributed by atoms with Crippen LogP contribution in [-0.4, -0.2) is 66.3 Å². The number of piperidine rings is 1. The topological polar surface area (TPSA) is 65.5 Å². The molecule has 0 aromatic carbocycles. The van der Waals surface area contributed by atoms with Gasteiger partial charge < -0.3 is 14.7 Å². The Kier molecular flexibility index (Phi) is 5.11. The normalized spacial score (nSPS) is 15.1. The summed E-state index contributed by atoms with van der Waals surface area (Å²) in [5.74, 6) is 1.74. The van der Waals surface area contributed by atoms with Crippen LogP contribution in [0.25, 0.3) is 0 Å². The predicted molar refractivity (Wildman–Crippen MR) is 97.9 cm³/mol. The van der Waals surface area contributed by atoms with Crippen LogP contribution in [-0.2, 0) is 0 Å². The Labute approximate surface area is 148 Å². The molecule has 1 saturated heterocycles. The van der Waals surface area contributed by atoms with Gasteiger partial charge in [0.05, 0.1) is 0 Å². The Balaban J connectivity index is 1.62. The molecule has 0 N–H and O–H groups in total. The molecule has 1 amide bonds. The minimum absolute atomic E-state index is 0.0751. The van der Waals surface area contributed by atoms with Crippen LogP contribution >= 0.6 is 0 Å². The second-order valence-corrected chi connectivity index (χ2v) is 6.51. The third-order valence-electron chi connectivity index (χ3n) is 4.67. The van der Waals surface area contributed by atoms with Gasteiger partial charge in [-0.25, -0.2) is 4.98 Å². The van der Waals surface area contributed by atoms with Crippen molar-refractivity contribution in [1.82, 2.24) is 20.1 Å². The van der Waals surface area contributed by atoms with Gasteiger partial charge in [0.1, 0.15) is 5.82 Å². The number of rotatable bonds is 4. The summed E-state index contributed by atoms with van der Waals surface area (Å²) in [5, 5.41) is 8.11. The highest BCUT2D eigenvalue weighted by Crippen LogP contribution is 2.21. The van der Waals surface area contributed by atoms with E-state index in [1.165, 1.54) is 0 Å². The zero-order chi connectivity index (χ0) is 17.8. The molecule has 0 spiro atoms. The van der Waals surface area contributed by atoms with Gasteiger partial charge in [-0.3, -0.25) is 4.79 Å². The molecular weight excluding hydrogens is 316 g/mol. The van der Waals surface area contributed by atoms with E-state index in [0.29, 0.717) is 11.6 Å². The molecular formula is C18H24N6O. The number of pyridine rings is 1. The number of carbonyl (C=O) groups excluding carboxylic acids is 1. The number of amides is 1. The van der Waals surface area contributed by atoms with Gasteiger partial charge in [0, 0.05) is 58.2 Å². The first kappa shape index (κ1) is 17.1. The Morgan fingerprint density at radius 2 is 1.88 bits per heavy atom. The maximum Gasteiger partial charge on any atom is 0.254 e. The molecule has 3 rings (SSSR count). The van der Waals surface area contributed by atoms with Crippen LogP contribution in [0.3, 0.4) is 0 Å². The van der Waals surface area contributed by atoms with Crippen molar-refractivity contribution >= 4 is 17.5 Å². The summed E-state index contributed by atoms with van der Waals surface area (Å²) in [6.07, 6.45) is 5.21. The Hall–Kier alpha value is -2.70. The molecule has 3 heterocycles. The highest BCUT2D eigenvalue weighted by atomic mass is 16.2. The fourth-order valence-corrected chi connectivity index (χ4v) is 3.10. The van der Waals surface area contributed by atoms with Gasteiger partial charge in [-0.15, -0.1) is 5.10 Å². The molecule has 132 valence electrons. The first-order chi connectivity index (χ1) is 12.1. The second-order valence-electron chi connectivity index (χ2n) is 6.51. The van der Waals surface area contributed by atoms with E-state index < -0.39 is 0 Å². The minimum Gasteiger partial charge on any atom is -0.363 e.